The van der Waals surface area contributed by atoms with Gasteiger partial charge in [-0.1, -0.05) is 6.07 Å². The number of nitrogens with one attached hydrogen (secondary N) is 1. The van der Waals surface area contributed by atoms with Gasteiger partial charge in [-0.25, -0.2) is 0 Å². The number of anilines is 1. The first kappa shape index (κ1) is 14.2. The number of hydrogen-bond donors (Lipinski definition) is 2. The molecule has 2 N–H and O–H groups in total. The molecule has 2 atom stereocenters. The predicted molar refractivity (Wildman–Crippen MR) is 77.9 cm³/mol. The first-order valence-electron chi connectivity index (χ1n) is 6.94. The third-order valence-corrected chi connectivity index (χ3v) is 4.03. The molecule has 1 heterocycles. The standard InChI is InChI=1S/C15H24N2O2/c1-11(16-2)15-13(7-4-8-14(15)19-3)17-9-5-6-12(17)10-18/h4,7-8,11-12,16,18H,5-6,9-10H2,1-3H3. The number of rotatable bonds is 5. The Morgan fingerprint density at radius 1 is 1.53 bits per heavy atom. The van der Waals surface area contributed by atoms with Crippen LogP contribution in [0.15, 0.2) is 18.2 Å². The molecule has 2 unspecified atom stereocenters. The molecular weight excluding hydrogens is 240 g/mol. The summed E-state index contributed by atoms with van der Waals surface area (Å²) in [5, 5.41) is 12.8. The monoisotopic (exact) mass is 264 g/mol. The average molecular weight is 264 g/mol. The highest BCUT2D eigenvalue weighted by Crippen LogP contribution is 2.37. The van der Waals surface area contributed by atoms with Gasteiger partial charge in [-0.2, -0.15) is 0 Å². The van der Waals surface area contributed by atoms with Crippen LogP contribution in [0.4, 0.5) is 5.69 Å². The largest absolute Gasteiger partial charge is 0.496 e. The van der Waals surface area contributed by atoms with E-state index in [0.29, 0.717) is 0 Å². The van der Waals surface area contributed by atoms with Crippen LogP contribution in [-0.2, 0) is 0 Å². The van der Waals surface area contributed by atoms with Crippen LogP contribution in [0.2, 0.25) is 0 Å². The van der Waals surface area contributed by atoms with Crippen LogP contribution < -0.4 is 15.0 Å². The van der Waals surface area contributed by atoms with Crippen molar-refractivity contribution in [2.75, 3.05) is 32.2 Å². The molecule has 0 aliphatic carbocycles. The van der Waals surface area contributed by atoms with Crippen molar-refractivity contribution in [1.29, 1.82) is 0 Å². The second-order valence-electron chi connectivity index (χ2n) is 5.08. The van der Waals surface area contributed by atoms with Crippen LogP contribution in [0, 0.1) is 0 Å². The van der Waals surface area contributed by atoms with E-state index in [2.05, 4.69) is 23.2 Å². The highest BCUT2D eigenvalue weighted by Gasteiger charge is 2.28. The van der Waals surface area contributed by atoms with Crippen molar-refractivity contribution >= 4 is 5.69 Å². The molecule has 1 saturated heterocycles. The lowest BCUT2D eigenvalue weighted by Gasteiger charge is -2.30. The Morgan fingerprint density at radius 3 is 2.95 bits per heavy atom. The molecule has 1 aliphatic heterocycles. The van der Waals surface area contributed by atoms with Crippen molar-refractivity contribution in [3.05, 3.63) is 23.8 Å². The van der Waals surface area contributed by atoms with Gasteiger partial charge >= 0.3 is 0 Å². The molecule has 1 aromatic carbocycles. The summed E-state index contributed by atoms with van der Waals surface area (Å²) in [7, 11) is 3.66. The topological polar surface area (TPSA) is 44.7 Å². The molecule has 0 amide bonds. The number of benzene rings is 1. The quantitative estimate of drug-likeness (QED) is 0.853. The van der Waals surface area contributed by atoms with E-state index in [1.807, 2.05) is 19.2 Å². The second-order valence-corrected chi connectivity index (χ2v) is 5.08. The highest BCUT2D eigenvalue weighted by molar-refractivity contribution is 5.62. The van der Waals surface area contributed by atoms with Gasteiger partial charge in [-0.3, -0.25) is 0 Å². The lowest BCUT2D eigenvalue weighted by molar-refractivity contribution is 0.266. The SMILES string of the molecule is CNC(C)c1c(OC)cccc1N1CCCC1CO. The maximum absolute atomic E-state index is 9.52. The zero-order valence-corrected chi connectivity index (χ0v) is 12.0. The predicted octanol–water partition coefficient (Wildman–Crippen LogP) is 1.94. The molecule has 0 saturated carbocycles. The molecule has 4 nitrogen and oxygen atoms in total. The number of methoxy groups -OCH3 is 1. The summed E-state index contributed by atoms with van der Waals surface area (Å²) in [6.45, 7) is 3.35. The first-order valence-corrected chi connectivity index (χ1v) is 6.94. The summed E-state index contributed by atoms with van der Waals surface area (Å²) < 4.78 is 5.51. The van der Waals surface area contributed by atoms with Crippen molar-refractivity contribution in [2.45, 2.75) is 31.8 Å². The van der Waals surface area contributed by atoms with Crippen LogP contribution in [0.1, 0.15) is 31.4 Å². The third-order valence-electron chi connectivity index (χ3n) is 4.03. The molecule has 4 heteroatoms. The van der Waals surface area contributed by atoms with Crippen molar-refractivity contribution in [2.24, 2.45) is 0 Å². The van der Waals surface area contributed by atoms with Gasteiger partial charge in [-0.05, 0) is 38.9 Å². The molecule has 1 aromatic rings. The van der Waals surface area contributed by atoms with Crippen LogP contribution >= 0.6 is 0 Å². The van der Waals surface area contributed by atoms with E-state index in [1.54, 1.807) is 7.11 Å². The van der Waals surface area contributed by atoms with Gasteiger partial charge in [0.15, 0.2) is 0 Å². The Morgan fingerprint density at radius 2 is 2.32 bits per heavy atom. The van der Waals surface area contributed by atoms with E-state index in [4.69, 9.17) is 4.74 Å². The van der Waals surface area contributed by atoms with E-state index in [-0.39, 0.29) is 18.7 Å². The second kappa shape index (κ2) is 6.26. The highest BCUT2D eigenvalue weighted by atomic mass is 16.5. The van der Waals surface area contributed by atoms with Crippen molar-refractivity contribution < 1.29 is 9.84 Å². The molecule has 0 radical (unpaired) electrons. The molecule has 0 spiro atoms. The fraction of sp³-hybridized carbons (Fsp3) is 0.600. The smallest absolute Gasteiger partial charge is 0.125 e. The average Bonchev–Trinajstić information content (AvgIpc) is 2.93. The van der Waals surface area contributed by atoms with E-state index in [9.17, 15) is 5.11 Å². The normalized spacial score (nSPS) is 20.6. The maximum atomic E-state index is 9.52. The molecular formula is C15H24N2O2. The number of hydrogen-bond acceptors (Lipinski definition) is 4. The minimum absolute atomic E-state index is 0.213. The molecule has 1 aliphatic rings. The van der Waals surface area contributed by atoms with E-state index >= 15 is 0 Å². The minimum Gasteiger partial charge on any atom is -0.496 e. The molecule has 0 bridgehead atoms. The summed E-state index contributed by atoms with van der Waals surface area (Å²) >= 11 is 0. The van der Waals surface area contributed by atoms with Crippen LogP contribution in [0.5, 0.6) is 5.75 Å². The van der Waals surface area contributed by atoms with Gasteiger partial charge in [0.1, 0.15) is 5.75 Å². The summed E-state index contributed by atoms with van der Waals surface area (Å²) in [6.07, 6.45) is 2.19. The van der Waals surface area contributed by atoms with Gasteiger partial charge in [0.05, 0.1) is 19.8 Å². The zero-order valence-electron chi connectivity index (χ0n) is 12.0. The van der Waals surface area contributed by atoms with E-state index in [0.717, 1.165) is 25.1 Å². The van der Waals surface area contributed by atoms with Crippen molar-refractivity contribution in [3.8, 4) is 5.75 Å². The Balaban J connectivity index is 2.44. The third kappa shape index (κ3) is 2.69. The molecule has 2 rings (SSSR count). The number of aliphatic hydroxyl groups is 1. The number of nitrogens with zero attached hydrogens (tertiary/aromatic N) is 1. The summed E-state index contributed by atoms with van der Waals surface area (Å²) in [6, 6.07) is 6.59. The lowest BCUT2D eigenvalue weighted by Crippen LogP contribution is -2.33. The van der Waals surface area contributed by atoms with Gasteiger partial charge < -0.3 is 20.1 Å². The van der Waals surface area contributed by atoms with E-state index < -0.39 is 0 Å². The molecule has 19 heavy (non-hydrogen) atoms. The number of aliphatic hydroxyl groups excluding tert-OH is 1. The van der Waals surface area contributed by atoms with E-state index in [1.165, 1.54) is 11.3 Å². The summed E-state index contributed by atoms with van der Waals surface area (Å²) in [5.74, 6) is 0.905. The molecule has 0 aromatic heterocycles. The minimum atomic E-state index is 0.213. The summed E-state index contributed by atoms with van der Waals surface area (Å²) in [4.78, 5) is 2.31. The number of ether oxygens (including phenoxy) is 1. The fourth-order valence-corrected chi connectivity index (χ4v) is 2.88. The van der Waals surface area contributed by atoms with Gasteiger partial charge in [-0.15, -0.1) is 0 Å². The van der Waals surface area contributed by atoms with Gasteiger partial charge in [0, 0.05) is 23.8 Å². The fourth-order valence-electron chi connectivity index (χ4n) is 2.88. The van der Waals surface area contributed by atoms with Crippen molar-refractivity contribution in [1.82, 2.24) is 5.32 Å². The van der Waals surface area contributed by atoms with Crippen LogP contribution in [0.3, 0.4) is 0 Å². The zero-order chi connectivity index (χ0) is 13.8. The lowest BCUT2D eigenvalue weighted by atomic mass is 10.0. The molecule has 1 fully saturated rings. The Labute approximate surface area is 115 Å². The molecule has 106 valence electrons. The van der Waals surface area contributed by atoms with Crippen LogP contribution in [-0.4, -0.2) is 38.5 Å². The van der Waals surface area contributed by atoms with Gasteiger partial charge in [0.2, 0.25) is 0 Å². The first-order chi connectivity index (χ1) is 9.22. The Kier molecular flexibility index (Phi) is 4.66. The Hall–Kier alpha value is -1.26. The maximum Gasteiger partial charge on any atom is 0.125 e. The summed E-state index contributed by atoms with van der Waals surface area (Å²) in [5.41, 5.74) is 2.35. The van der Waals surface area contributed by atoms with Gasteiger partial charge in [0.25, 0.3) is 0 Å². The van der Waals surface area contributed by atoms with Crippen molar-refractivity contribution in [3.63, 3.8) is 0 Å². The Bertz CT molecular complexity index is 423. The van der Waals surface area contributed by atoms with Crippen LogP contribution in [0.25, 0.3) is 0 Å².